The zero-order chi connectivity index (χ0) is 19.8. The van der Waals surface area contributed by atoms with E-state index in [1.807, 2.05) is 44.2 Å². The van der Waals surface area contributed by atoms with Crippen LogP contribution in [-0.2, 0) is 0 Å². The lowest BCUT2D eigenvalue weighted by atomic mass is 10.0. The van der Waals surface area contributed by atoms with Gasteiger partial charge in [-0.2, -0.15) is 5.10 Å². The maximum absolute atomic E-state index is 13.3. The highest BCUT2D eigenvalue weighted by molar-refractivity contribution is 6.04. The van der Waals surface area contributed by atoms with Crippen LogP contribution in [0.15, 0.2) is 59.4 Å². The highest BCUT2D eigenvalue weighted by atomic mass is 16.2. The fourth-order valence-corrected chi connectivity index (χ4v) is 3.85. The molecule has 0 bridgehead atoms. The van der Waals surface area contributed by atoms with E-state index in [0.717, 1.165) is 12.0 Å². The van der Waals surface area contributed by atoms with Gasteiger partial charge in [0.2, 0.25) is 0 Å². The molecule has 1 amide bonds. The summed E-state index contributed by atoms with van der Waals surface area (Å²) in [5, 5.41) is 8.76. The highest BCUT2D eigenvalue weighted by Crippen LogP contribution is 2.47. The number of fused-ring (bicyclic) bond motifs is 1. The molecule has 1 aromatic heterocycles. The maximum atomic E-state index is 13.3. The molecule has 1 aliphatic carbocycles. The summed E-state index contributed by atoms with van der Waals surface area (Å²) < 4.78 is 1.40. The number of hydrogen-bond donors (Lipinski definition) is 1. The van der Waals surface area contributed by atoms with Crippen LogP contribution in [0.4, 0.5) is 0 Å². The third-order valence-corrected chi connectivity index (χ3v) is 5.58. The Morgan fingerprint density at radius 3 is 2.29 bits per heavy atom. The van der Waals surface area contributed by atoms with Gasteiger partial charge in [-0.05, 0) is 43.7 Å². The highest BCUT2D eigenvalue weighted by Gasteiger charge is 2.41. The van der Waals surface area contributed by atoms with E-state index >= 15 is 0 Å². The number of nitrogens with zero attached hydrogens (tertiary/aromatic N) is 2. The predicted molar refractivity (Wildman–Crippen MR) is 110 cm³/mol. The van der Waals surface area contributed by atoms with Gasteiger partial charge < -0.3 is 5.32 Å². The van der Waals surface area contributed by atoms with Gasteiger partial charge in [0.05, 0.1) is 17.5 Å². The third-order valence-electron chi connectivity index (χ3n) is 5.58. The molecule has 0 saturated heterocycles. The number of amides is 1. The summed E-state index contributed by atoms with van der Waals surface area (Å²) in [6.45, 7) is 5.99. The van der Waals surface area contributed by atoms with Gasteiger partial charge in [0, 0.05) is 5.39 Å². The molecule has 1 saturated carbocycles. The second kappa shape index (κ2) is 7.23. The standard InChI is InChI=1S/C23H25N3O2/c1-14(2)26-23(28)18-12-8-7-11-17(18)21(25-26)22(27)24-20(19-13-15(19)3)16-9-5-4-6-10-16/h4-12,14-15,19-20H,13H2,1-3H3,(H,24,27). The number of nitrogens with one attached hydrogen (secondary N) is 1. The molecule has 144 valence electrons. The second-order valence-corrected chi connectivity index (χ2v) is 7.98. The van der Waals surface area contributed by atoms with Crippen molar-refractivity contribution in [2.24, 2.45) is 11.8 Å². The summed E-state index contributed by atoms with van der Waals surface area (Å²) in [5.74, 6) is 0.770. The number of rotatable bonds is 5. The first kappa shape index (κ1) is 18.4. The molecule has 4 rings (SSSR count). The molecule has 1 N–H and O–H groups in total. The Bertz CT molecular complexity index is 1070. The van der Waals surface area contributed by atoms with E-state index < -0.39 is 0 Å². The summed E-state index contributed by atoms with van der Waals surface area (Å²) in [5.41, 5.74) is 1.24. The first-order valence-corrected chi connectivity index (χ1v) is 9.84. The van der Waals surface area contributed by atoms with E-state index in [4.69, 9.17) is 0 Å². The lowest BCUT2D eigenvalue weighted by Crippen LogP contribution is -2.34. The van der Waals surface area contributed by atoms with E-state index in [2.05, 4.69) is 29.5 Å². The summed E-state index contributed by atoms with van der Waals surface area (Å²) >= 11 is 0. The molecule has 3 aromatic rings. The minimum atomic E-state index is -0.237. The minimum Gasteiger partial charge on any atom is -0.344 e. The van der Waals surface area contributed by atoms with Crippen molar-refractivity contribution in [2.45, 2.75) is 39.3 Å². The molecular weight excluding hydrogens is 350 g/mol. The van der Waals surface area contributed by atoms with Gasteiger partial charge >= 0.3 is 0 Å². The van der Waals surface area contributed by atoms with Crippen LogP contribution in [0.2, 0.25) is 0 Å². The predicted octanol–water partition coefficient (Wildman–Crippen LogP) is 4.10. The first-order valence-electron chi connectivity index (χ1n) is 9.84. The average molecular weight is 375 g/mol. The molecule has 3 atom stereocenters. The van der Waals surface area contributed by atoms with Gasteiger partial charge in [0.15, 0.2) is 5.69 Å². The van der Waals surface area contributed by atoms with Crippen LogP contribution in [0.1, 0.15) is 55.3 Å². The molecule has 0 aliphatic heterocycles. The molecule has 28 heavy (non-hydrogen) atoms. The summed E-state index contributed by atoms with van der Waals surface area (Å²) in [6, 6.07) is 17.1. The zero-order valence-corrected chi connectivity index (χ0v) is 16.4. The fourth-order valence-electron chi connectivity index (χ4n) is 3.85. The molecule has 1 fully saturated rings. The van der Waals surface area contributed by atoms with E-state index in [-0.39, 0.29) is 23.6 Å². The van der Waals surface area contributed by atoms with Gasteiger partial charge in [0.1, 0.15) is 0 Å². The summed E-state index contributed by atoms with van der Waals surface area (Å²) in [6.07, 6.45) is 1.10. The molecule has 5 heteroatoms. The molecule has 3 unspecified atom stereocenters. The summed E-state index contributed by atoms with van der Waals surface area (Å²) in [4.78, 5) is 26.0. The Morgan fingerprint density at radius 1 is 1.07 bits per heavy atom. The largest absolute Gasteiger partial charge is 0.344 e. The first-order chi connectivity index (χ1) is 13.5. The second-order valence-electron chi connectivity index (χ2n) is 7.98. The lowest BCUT2D eigenvalue weighted by molar-refractivity contribution is 0.0924. The number of carbonyl (C=O) groups is 1. The zero-order valence-electron chi connectivity index (χ0n) is 16.4. The van der Waals surface area contributed by atoms with Crippen molar-refractivity contribution in [2.75, 3.05) is 0 Å². The Morgan fingerprint density at radius 2 is 1.68 bits per heavy atom. The van der Waals surface area contributed by atoms with Crippen molar-refractivity contribution in [1.82, 2.24) is 15.1 Å². The van der Waals surface area contributed by atoms with Crippen LogP contribution in [0.5, 0.6) is 0 Å². The quantitative estimate of drug-likeness (QED) is 0.730. The van der Waals surface area contributed by atoms with Crippen LogP contribution in [0.3, 0.4) is 0 Å². The van der Waals surface area contributed by atoms with E-state index in [9.17, 15) is 9.59 Å². The van der Waals surface area contributed by atoms with Crippen molar-refractivity contribution in [3.63, 3.8) is 0 Å². The Balaban J connectivity index is 1.76. The molecule has 1 aliphatic rings. The summed E-state index contributed by atoms with van der Waals surface area (Å²) in [7, 11) is 0. The SMILES string of the molecule is CC1CC1C(NC(=O)c1nn(C(C)C)c(=O)c2ccccc12)c1ccccc1. The van der Waals surface area contributed by atoms with Gasteiger partial charge in [-0.1, -0.05) is 55.5 Å². The van der Waals surface area contributed by atoms with Crippen molar-refractivity contribution in [1.29, 1.82) is 0 Å². The van der Waals surface area contributed by atoms with Crippen molar-refractivity contribution in [3.05, 3.63) is 76.2 Å². The number of carbonyl (C=O) groups excluding carboxylic acids is 1. The van der Waals surface area contributed by atoms with Gasteiger partial charge in [0.25, 0.3) is 11.5 Å². The minimum absolute atomic E-state index is 0.0521. The van der Waals surface area contributed by atoms with Crippen LogP contribution in [0.25, 0.3) is 10.8 Å². The Kier molecular flexibility index (Phi) is 4.75. The fraction of sp³-hybridized carbons (Fsp3) is 0.348. The molecule has 2 aromatic carbocycles. The van der Waals surface area contributed by atoms with E-state index in [1.165, 1.54) is 4.68 Å². The Labute approximate surface area is 164 Å². The molecule has 0 radical (unpaired) electrons. The lowest BCUT2D eigenvalue weighted by Gasteiger charge is -2.20. The molecule has 1 heterocycles. The topological polar surface area (TPSA) is 64.0 Å². The molecule has 0 spiro atoms. The van der Waals surface area contributed by atoms with Gasteiger partial charge in [-0.15, -0.1) is 0 Å². The van der Waals surface area contributed by atoms with E-state index in [1.54, 1.807) is 12.1 Å². The molecular formula is C23H25N3O2. The Hall–Kier alpha value is -2.95. The van der Waals surface area contributed by atoms with Crippen LogP contribution in [-0.4, -0.2) is 15.7 Å². The monoisotopic (exact) mass is 375 g/mol. The maximum Gasteiger partial charge on any atom is 0.274 e. The van der Waals surface area contributed by atoms with Gasteiger partial charge in [-0.3, -0.25) is 9.59 Å². The van der Waals surface area contributed by atoms with Gasteiger partial charge in [-0.25, -0.2) is 4.68 Å². The smallest absolute Gasteiger partial charge is 0.274 e. The van der Waals surface area contributed by atoms with Crippen LogP contribution in [0, 0.1) is 11.8 Å². The van der Waals surface area contributed by atoms with Crippen molar-refractivity contribution >= 4 is 16.7 Å². The third kappa shape index (κ3) is 3.33. The van der Waals surface area contributed by atoms with Crippen molar-refractivity contribution < 1.29 is 4.79 Å². The van der Waals surface area contributed by atoms with Crippen LogP contribution >= 0.6 is 0 Å². The van der Waals surface area contributed by atoms with E-state index in [0.29, 0.717) is 28.3 Å². The normalized spacial score (nSPS) is 19.6. The number of benzene rings is 2. The number of hydrogen-bond acceptors (Lipinski definition) is 3. The van der Waals surface area contributed by atoms with Crippen LogP contribution < -0.4 is 10.9 Å². The number of aromatic nitrogens is 2. The van der Waals surface area contributed by atoms with Crippen molar-refractivity contribution in [3.8, 4) is 0 Å². The average Bonchev–Trinajstić information content (AvgIpc) is 3.43. The molecule has 5 nitrogen and oxygen atoms in total.